The lowest BCUT2D eigenvalue weighted by Crippen LogP contribution is -2.41. The zero-order valence-corrected chi connectivity index (χ0v) is 11.6. The summed E-state index contributed by atoms with van der Waals surface area (Å²) >= 11 is 0. The smallest absolute Gasteiger partial charge is 0.328 e. The van der Waals surface area contributed by atoms with E-state index in [1.54, 1.807) is 4.90 Å². The lowest BCUT2D eigenvalue weighted by atomic mass is 10.1. The van der Waals surface area contributed by atoms with Gasteiger partial charge in [0.2, 0.25) is 5.91 Å². The highest BCUT2D eigenvalue weighted by molar-refractivity contribution is 5.85. The summed E-state index contributed by atoms with van der Waals surface area (Å²) in [5.74, 6) is -0.113. The first-order valence-corrected chi connectivity index (χ1v) is 7.16. The molecule has 0 spiro atoms. The summed E-state index contributed by atoms with van der Waals surface area (Å²) in [5.41, 5.74) is 0. The summed E-state index contributed by atoms with van der Waals surface area (Å²) in [6.07, 6.45) is 6.14. The Kier molecular flexibility index (Phi) is 6.76. The Labute approximate surface area is 110 Å². The fourth-order valence-corrected chi connectivity index (χ4v) is 2.28. The van der Waals surface area contributed by atoms with Gasteiger partial charge in [0, 0.05) is 13.0 Å². The molecule has 1 aliphatic rings. The highest BCUT2D eigenvalue weighted by Gasteiger charge is 2.34. The third-order valence-corrected chi connectivity index (χ3v) is 3.29. The van der Waals surface area contributed by atoms with Crippen molar-refractivity contribution in [2.24, 2.45) is 0 Å². The van der Waals surface area contributed by atoms with Gasteiger partial charge in [0.1, 0.15) is 6.04 Å². The molecule has 1 rings (SSSR count). The number of carbonyl (C=O) groups excluding carboxylic acids is 2. The number of amides is 1. The van der Waals surface area contributed by atoms with Crippen molar-refractivity contribution in [1.82, 2.24) is 4.90 Å². The second-order valence-electron chi connectivity index (χ2n) is 4.87. The van der Waals surface area contributed by atoms with Crippen LogP contribution in [0.1, 0.15) is 58.8 Å². The van der Waals surface area contributed by atoms with Crippen molar-refractivity contribution < 1.29 is 14.3 Å². The van der Waals surface area contributed by atoms with E-state index in [0.29, 0.717) is 19.6 Å². The predicted octanol–water partition coefficient (Wildman–Crippen LogP) is 2.51. The van der Waals surface area contributed by atoms with Gasteiger partial charge < -0.3 is 9.64 Å². The minimum absolute atomic E-state index is 0.111. The summed E-state index contributed by atoms with van der Waals surface area (Å²) in [6.45, 7) is 5.24. The van der Waals surface area contributed by atoms with Crippen molar-refractivity contribution in [3.05, 3.63) is 0 Å². The minimum atomic E-state index is -0.328. The molecule has 0 aromatic rings. The Morgan fingerprint density at radius 2 is 2.00 bits per heavy atom. The summed E-state index contributed by atoms with van der Waals surface area (Å²) in [7, 11) is 0. The third kappa shape index (κ3) is 4.31. The highest BCUT2D eigenvalue weighted by Crippen LogP contribution is 2.20. The number of ether oxygens (including phenoxy) is 1. The lowest BCUT2D eigenvalue weighted by Gasteiger charge is -2.23. The van der Waals surface area contributed by atoms with E-state index < -0.39 is 0 Å². The average molecular weight is 255 g/mol. The molecule has 1 heterocycles. The summed E-state index contributed by atoms with van der Waals surface area (Å²) in [6, 6.07) is -0.328. The first-order valence-electron chi connectivity index (χ1n) is 7.16. The van der Waals surface area contributed by atoms with E-state index >= 15 is 0 Å². The molecule has 1 aliphatic heterocycles. The van der Waals surface area contributed by atoms with Gasteiger partial charge in [0.15, 0.2) is 0 Å². The Morgan fingerprint density at radius 1 is 1.22 bits per heavy atom. The lowest BCUT2D eigenvalue weighted by molar-refractivity contribution is -0.153. The number of likely N-dealkylation sites (tertiary alicyclic amines) is 1. The van der Waals surface area contributed by atoms with E-state index in [-0.39, 0.29) is 17.9 Å². The van der Waals surface area contributed by atoms with Crippen LogP contribution in [0.5, 0.6) is 0 Å². The van der Waals surface area contributed by atoms with Gasteiger partial charge in [-0.3, -0.25) is 4.79 Å². The molecule has 0 aliphatic carbocycles. The molecule has 4 nitrogen and oxygen atoms in total. The molecule has 0 N–H and O–H groups in total. The predicted molar refractivity (Wildman–Crippen MR) is 70.1 cm³/mol. The maximum absolute atomic E-state index is 12.0. The van der Waals surface area contributed by atoms with Crippen LogP contribution >= 0.6 is 0 Å². The van der Waals surface area contributed by atoms with Gasteiger partial charge in [-0.1, -0.05) is 26.7 Å². The molecule has 4 heteroatoms. The van der Waals surface area contributed by atoms with Crippen molar-refractivity contribution in [2.75, 3.05) is 13.2 Å². The number of carbonyl (C=O) groups is 2. The van der Waals surface area contributed by atoms with E-state index in [0.717, 1.165) is 38.5 Å². The second-order valence-corrected chi connectivity index (χ2v) is 4.87. The Bertz CT molecular complexity index is 278. The van der Waals surface area contributed by atoms with Crippen molar-refractivity contribution >= 4 is 11.9 Å². The van der Waals surface area contributed by atoms with E-state index in [1.165, 1.54) is 0 Å². The standard InChI is InChI=1S/C14H25NO3/c1-3-5-6-9-13(16)15-10-7-8-12(15)14(17)18-11-4-2/h12H,3-11H2,1-2H3. The van der Waals surface area contributed by atoms with Crippen LogP contribution in [0.15, 0.2) is 0 Å². The molecule has 0 saturated carbocycles. The van der Waals surface area contributed by atoms with Crippen LogP contribution in [-0.4, -0.2) is 36.0 Å². The average Bonchev–Trinajstić information content (AvgIpc) is 2.85. The maximum atomic E-state index is 12.0. The topological polar surface area (TPSA) is 46.6 Å². The first-order chi connectivity index (χ1) is 8.70. The molecule has 104 valence electrons. The molecule has 1 saturated heterocycles. The quantitative estimate of drug-likeness (QED) is 0.518. The molecule has 1 amide bonds. The number of hydrogen-bond acceptors (Lipinski definition) is 3. The molecule has 0 aromatic heterocycles. The zero-order valence-electron chi connectivity index (χ0n) is 11.6. The molecule has 1 atom stereocenters. The largest absolute Gasteiger partial charge is 0.464 e. The maximum Gasteiger partial charge on any atom is 0.328 e. The van der Waals surface area contributed by atoms with E-state index in [1.807, 2.05) is 6.92 Å². The van der Waals surface area contributed by atoms with Gasteiger partial charge in [0.25, 0.3) is 0 Å². The summed E-state index contributed by atoms with van der Waals surface area (Å²) in [4.78, 5) is 25.6. The van der Waals surface area contributed by atoms with Gasteiger partial charge in [-0.15, -0.1) is 0 Å². The van der Waals surface area contributed by atoms with E-state index in [2.05, 4.69) is 6.92 Å². The normalized spacial score (nSPS) is 19.0. The number of esters is 1. The Morgan fingerprint density at radius 3 is 2.67 bits per heavy atom. The van der Waals surface area contributed by atoms with Gasteiger partial charge in [-0.25, -0.2) is 4.79 Å². The number of unbranched alkanes of at least 4 members (excludes halogenated alkanes) is 2. The summed E-state index contributed by atoms with van der Waals surface area (Å²) < 4.78 is 5.15. The second kappa shape index (κ2) is 8.11. The van der Waals surface area contributed by atoms with Crippen molar-refractivity contribution in [2.45, 2.75) is 64.8 Å². The fourth-order valence-electron chi connectivity index (χ4n) is 2.28. The SMILES string of the molecule is CCCCCC(=O)N1CCCC1C(=O)OCCC. The molecular formula is C14H25NO3. The van der Waals surface area contributed by atoms with Crippen LogP contribution in [0, 0.1) is 0 Å². The van der Waals surface area contributed by atoms with Gasteiger partial charge >= 0.3 is 5.97 Å². The number of hydrogen-bond donors (Lipinski definition) is 0. The molecule has 0 bridgehead atoms. The summed E-state index contributed by atoms with van der Waals surface area (Å²) in [5, 5.41) is 0. The molecule has 1 fully saturated rings. The fraction of sp³-hybridized carbons (Fsp3) is 0.857. The van der Waals surface area contributed by atoms with Gasteiger partial charge in [0.05, 0.1) is 6.61 Å². The van der Waals surface area contributed by atoms with Crippen LogP contribution in [0.2, 0.25) is 0 Å². The molecule has 1 unspecified atom stereocenters. The monoisotopic (exact) mass is 255 g/mol. The van der Waals surface area contributed by atoms with Crippen LogP contribution in [0.25, 0.3) is 0 Å². The highest BCUT2D eigenvalue weighted by atomic mass is 16.5. The number of rotatable bonds is 7. The van der Waals surface area contributed by atoms with Crippen molar-refractivity contribution in [3.8, 4) is 0 Å². The first kappa shape index (κ1) is 15.0. The van der Waals surface area contributed by atoms with Crippen LogP contribution in [0.4, 0.5) is 0 Å². The molecule has 18 heavy (non-hydrogen) atoms. The third-order valence-electron chi connectivity index (χ3n) is 3.29. The van der Waals surface area contributed by atoms with Crippen LogP contribution in [0.3, 0.4) is 0 Å². The molecular weight excluding hydrogens is 230 g/mol. The van der Waals surface area contributed by atoms with Crippen molar-refractivity contribution in [3.63, 3.8) is 0 Å². The Hall–Kier alpha value is -1.06. The zero-order chi connectivity index (χ0) is 13.4. The van der Waals surface area contributed by atoms with E-state index in [4.69, 9.17) is 4.74 Å². The Balaban J connectivity index is 2.43. The minimum Gasteiger partial charge on any atom is -0.464 e. The molecule has 0 aromatic carbocycles. The van der Waals surface area contributed by atoms with E-state index in [9.17, 15) is 9.59 Å². The van der Waals surface area contributed by atoms with Crippen molar-refractivity contribution in [1.29, 1.82) is 0 Å². The van der Waals surface area contributed by atoms with Crippen LogP contribution in [-0.2, 0) is 14.3 Å². The van der Waals surface area contributed by atoms with Crippen LogP contribution < -0.4 is 0 Å². The van der Waals surface area contributed by atoms with Gasteiger partial charge in [-0.05, 0) is 25.7 Å². The van der Waals surface area contributed by atoms with Gasteiger partial charge in [-0.2, -0.15) is 0 Å². The number of nitrogens with zero attached hydrogens (tertiary/aromatic N) is 1. The molecule has 0 radical (unpaired) electrons.